The predicted molar refractivity (Wildman–Crippen MR) is 573 cm³/mol. The number of imide groups is 5. The van der Waals surface area contributed by atoms with E-state index in [1.165, 1.54) is 58.7 Å². The van der Waals surface area contributed by atoms with Crippen molar-refractivity contribution in [2.45, 2.75) is 129 Å². The monoisotopic (exact) mass is 2010 g/mol. The van der Waals surface area contributed by atoms with Crippen LogP contribution < -0.4 is 18.9 Å². The third kappa shape index (κ3) is 15.6. The van der Waals surface area contributed by atoms with E-state index in [0.29, 0.717) is 108 Å². The van der Waals surface area contributed by atoms with E-state index in [0.717, 1.165) is 342 Å². The minimum atomic E-state index is -0.191. The lowest BCUT2D eigenvalue weighted by atomic mass is 9.93. The zero-order valence-corrected chi connectivity index (χ0v) is 86.4. The molecule has 13 aliphatic rings. The van der Waals surface area contributed by atoms with Crippen LogP contribution in [-0.2, 0) is 68.9 Å². The summed E-state index contributed by atoms with van der Waals surface area (Å²) in [7, 11) is 14.5. The number of aryl methyl sites for hydroxylation is 5. The molecule has 0 saturated carbocycles. The van der Waals surface area contributed by atoms with Gasteiger partial charge in [0.1, 0.15) is 29.6 Å². The molecule has 149 heavy (non-hydrogen) atoms. The van der Waals surface area contributed by atoms with E-state index < -0.39 is 0 Å². The Morgan fingerprint density at radius 2 is 0.557 bits per heavy atom. The summed E-state index contributed by atoms with van der Waals surface area (Å²) in [6.45, 7) is 17.4. The number of benzene rings is 10. The molecule has 5 aromatic heterocycles. The van der Waals surface area contributed by atoms with Gasteiger partial charge in [-0.05, 0) is 274 Å². The van der Waals surface area contributed by atoms with Crippen LogP contribution in [0.5, 0.6) is 23.0 Å². The number of H-pyrrole nitrogens is 5. The van der Waals surface area contributed by atoms with E-state index in [4.69, 9.17) is 23.7 Å². The number of nitrogens with one attached hydrogen (secondary N) is 5. The second-order valence-corrected chi connectivity index (χ2v) is 42.2. The number of fused-ring (bicyclic) bond motifs is 40. The molecule has 3 fully saturated rings. The van der Waals surface area contributed by atoms with E-state index in [9.17, 15) is 47.9 Å². The second-order valence-electron chi connectivity index (χ2n) is 42.2. The largest absolute Gasteiger partial charge is 0.496 e. The Hall–Kier alpha value is -14.2. The summed E-state index contributed by atoms with van der Waals surface area (Å²) in [6, 6.07) is 31.5. The molecule has 13 heterocycles. The van der Waals surface area contributed by atoms with Crippen LogP contribution in [-0.4, -0.2) is 325 Å². The first-order chi connectivity index (χ1) is 72.5. The van der Waals surface area contributed by atoms with Crippen LogP contribution in [0, 0.1) is 0 Å². The van der Waals surface area contributed by atoms with E-state index in [2.05, 4.69) is 68.4 Å². The minimum Gasteiger partial charge on any atom is -0.496 e. The molecule has 10 amide bonds. The number of hydrogen-bond donors (Lipinski definition) is 5. The van der Waals surface area contributed by atoms with Gasteiger partial charge in [0.25, 0.3) is 59.1 Å². The number of piperidine rings is 1. The molecule has 5 aliphatic carbocycles. The number of carbonyl (C=O) groups excluding carboxylic acids is 10. The van der Waals surface area contributed by atoms with Crippen LogP contribution in [0.2, 0.25) is 0 Å². The maximum absolute atomic E-state index is 13.9. The molecule has 0 radical (unpaired) electrons. The number of hydrogen-bond acceptors (Lipinski definition) is 22. The molecule has 0 bridgehead atoms. The van der Waals surface area contributed by atoms with Gasteiger partial charge >= 0.3 is 0 Å². The van der Waals surface area contributed by atoms with Crippen molar-refractivity contribution >= 4 is 168 Å². The highest BCUT2D eigenvalue weighted by Gasteiger charge is 2.50. The van der Waals surface area contributed by atoms with Gasteiger partial charge in [-0.25, -0.2) is 0 Å². The zero-order chi connectivity index (χ0) is 103. The number of methoxy groups -OCH3 is 4. The van der Waals surface area contributed by atoms with Gasteiger partial charge in [-0.15, -0.1) is 0 Å². The first kappa shape index (κ1) is 96.9. The van der Waals surface area contributed by atoms with Gasteiger partial charge < -0.3 is 58.4 Å². The summed E-state index contributed by atoms with van der Waals surface area (Å²) in [4.78, 5) is 175. The number of amides is 10. The van der Waals surface area contributed by atoms with Crippen molar-refractivity contribution < 1.29 is 71.6 Å². The SMILES string of the molecule is CCN(CC)CN1C(=O)c2c3c(c4[nH]c5cccc(OC)c5c4c2C1=O)CCC3.CN(C)CN1C(=O)c2c3c(c4[nH]c5ccccc5c4c2C1=O)CCC3.COCCOc1cccc2[nH]c3c4c(c5c(c3c12)C(=O)N(CN1CCN(C)CC1)C5=O)CCC4.COc1cccc2[nH]c3c4c(c5c(c3c12)C(=O)N(CN1CCCCC1)C5=O)CCC4.COc1cccc2[nH]c3c4c(c5c(c3c12)C(=O)N(CN1CCN(C)CC1)C5=O)CCC4. The molecular weight excluding hydrogens is 1880 g/mol. The Bertz CT molecular complexity index is 8230. The van der Waals surface area contributed by atoms with Gasteiger partial charge in [-0.1, -0.05) is 62.7 Å². The Morgan fingerprint density at radius 1 is 0.275 bits per heavy atom. The van der Waals surface area contributed by atoms with Crippen molar-refractivity contribution in [2.24, 2.45) is 0 Å². The third-order valence-corrected chi connectivity index (χ3v) is 33.6. The smallest absolute Gasteiger partial charge is 0.263 e. The molecule has 5 N–H and O–H groups in total. The summed E-state index contributed by atoms with van der Waals surface area (Å²) < 4.78 is 28.1. The van der Waals surface area contributed by atoms with Crippen molar-refractivity contribution in [1.82, 2.24) is 83.7 Å². The Morgan fingerprint density at radius 3 is 0.899 bits per heavy atom. The standard InChI is InChI=1S/C26H30N4O4.C24H26N4O3.C24H25N3O3.C23H25N3O3.C20H19N3O2/c1-28-9-11-29(12-10-28)15-30-25(31)20-16-5-3-6-17(16)24-22(23(20)26(30)32)21-18(27-24)7-4-8-19(21)34-14-13-33-2;1-26-9-11-27(12-10-26)13-28-23(29)18-14-5-3-6-15(14)22-20(21(18)24(28)30)19-16(25-22)7-4-8-17(19)31-2;1-30-17-10-6-9-16-19(17)20-21-18(14-7-5-8-15(14)22(20)25-16)23(28)27(24(21)29)13-26-11-3-2-4-12-26;1-4-25(5-2)12-26-22(27)17-13-8-6-9-14(13)21-19(20(17)23(26)28)18-15(24-21)10-7-11-16(18)29-3;1-22(2)10-23-19(24)16-11-7-5-8-12(11)18-15(17(16)20(23)25)13-6-3-4-9-14(13)21-18/h4,7-8,27H,3,5-6,9-15H2,1-2H3;4,7-8,25H,3,5-6,9-13H2,1-2H3;6,9-10,25H,2-5,7-8,11-13H2,1H3;7,10-11,24H,4-6,8-9,12H2,1-3H3;3-4,6,9,21H,5,7-8,10H2,1-2H3. The highest BCUT2D eigenvalue weighted by Crippen LogP contribution is 2.53. The van der Waals surface area contributed by atoms with E-state index in [-0.39, 0.29) is 59.1 Å². The van der Waals surface area contributed by atoms with Crippen molar-refractivity contribution in [3.05, 3.63) is 208 Å². The molecular formula is C117H125N17O15. The first-order valence-electron chi connectivity index (χ1n) is 53.1. The first-order valence-corrected chi connectivity index (χ1v) is 53.1. The summed E-state index contributed by atoms with van der Waals surface area (Å²) in [5.74, 6) is 1.30. The Balaban J connectivity index is 0.0000000996. The Kier molecular flexibility index (Phi) is 25.2. The molecule has 768 valence electrons. The number of para-hydroxylation sites is 1. The molecule has 3 saturated heterocycles. The number of rotatable bonds is 19. The van der Waals surface area contributed by atoms with Crippen LogP contribution in [0.15, 0.2) is 97.1 Å². The maximum Gasteiger partial charge on any atom is 0.263 e. The molecule has 0 atom stereocenters. The minimum absolute atomic E-state index is 0.120. The number of piperazine rings is 2. The van der Waals surface area contributed by atoms with Crippen molar-refractivity contribution in [3.63, 3.8) is 0 Å². The van der Waals surface area contributed by atoms with Crippen LogP contribution in [0.1, 0.15) is 224 Å². The topological polar surface area (TPSA) is 335 Å². The summed E-state index contributed by atoms with van der Waals surface area (Å²) in [5.41, 5.74) is 27.0. The number of aromatic amines is 5. The van der Waals surface area contributed by atoms with Crippen molar-refractivity contribution in [3.8, 4) is 23.0 Å². The summed E-state index contributed by atoms with van der Waals surface area (Å²) in [6.07, 6.45) is 17.4. The number of ether oxygens (including phenoxy) is 5. The van der Waals surface area contributed by atoms with E-state index in [1.807, 2.05) is 130 Å². The van der Waals surface area contributed by atoms with Gasteiger partial charge in [0.05, 0.1) is 188 Å². The van der Waals surface area contributed by atoms with Crippen LogP contribution in [0.25, 0.3) is 109 Å². The summed E-state index contributed by atoms with van der Waals surface area (Å²) in [5, 5.41) is 8.90. The number of aromatic nitrogens is 5. The summed E-state index contributed by atoms with van der Waals surface area (Å²) >= 11 is 0. The lowest BCUT2D eigenvalue weighted by Gasteiger charge is -2.34. The van der Waals surface area contributed by atoms with E-state index >= 15 is 0 Å². The fourth-order valence-corrected chi connectivity index (χ4v) is 26.4. The fraction of sp³-hybridized carbons (Fsp3) is 0.402. The molecule has 0 unspecified atom stereocenters. The molecule has 0 spiro atoms. The zero-order valence-electron chi connectivity index (χ0n) is 86.4. The van der Waals surface area contributed by atoms with Gasteiger partial charge in [-0.2, -0.15) is 0 Å². The van der Waals surface area contributed by atoms with Gasteiger partial charge in [0, 0.05) is 97.3 Å². The predicted octanol–water partition coefficient (Wildman–Crippen LogP) is 15.8. The molecule has 28 rings (SSSR count). The Labute approximate surface area is 861 Å². The van der Waals surface area contributed by atoms with E-state index in [1.54, 1.807) is 28.4 Å². The van der Waals surface area contributed by atoms with Crippen LogP contribution in [0.4, 0.5) is 0 Å². The molecule has 32 heteroatoms. The number of likely N-dealkylation sites (tertiary alicyclic amines) is 1. The maximum atomic E-state index is 13.9. The highest BCUT2D eigenvalue weighted by molar-refractivity contribution is 6.37. The molecule has 10 aromatic carbocycles. The number of carbonyl (C=O) groups is 10. The average Bonchev–Trinajstić information content (AvgIpc) is 1.55. The molecule has 8 aliphatic heterocycles. The normalized spacial score (nSPS) is 18.1. The van der Waals surface area contributed by atoms with Gasteiger partial charge in [-0.3, -0.25) is 96.9 Å². The average molecular weight is 2010 g/mol. The van der Waals surface area contributed by atoms with Gasteiger partial charge in [0.15, 0.2) is 0 Å². The molecule has 32 nitrogen and oxygen atoms in total. The molecule has 15 aromatic rings. The van der Waals surface area contributed by atoms with Crippen LogP contribution in [0.3, 0.4) is 0 Å². The van der Waals surface area contributed by atoms with Gasteiger partial charge in [0.2, 0.25) is 0 Å². The number of nitrogens with zero attached hydrogens (tertiary/aromatic N) is 12. The quantitative estimate of drug-likeness (QED) is 0.0371. The van der Waals surface area contributed by atoms with Crippen molar-refractivity contribution in [1.29, 1.82) is 0 Å². The third-order valence-electron chi connectivity index (χ3n) is 33.6. The second kappa shape index (κ2) is 38.7. The lowest BCUT2D eigenvalue weighted by molar-refractivity contribution is 0.0463. The highest BCUT2D eigenvalue weighted by atomic mass is 16.5. The fourth-order valence-electron chi connectivity index (χ4n) is 26.4. The number of likely N-dealkylation sites (N-methyl/N-ethyl adjacent to an activating group) is 2. The van der Waals surface area contributed by atoms with Crippen molar-refractivity contribution in [2.75, 3.05) is 182 Å². The van der Waals surface area contributed by atoms with Crippen LogP contribution >= 0.6 is 0 Å². The lowest BCUT2D eigenvalue weighted by Crippen LogP contribution is -2.50.